The minimum atomic E-state index is -0.538. The van der Waals surface area contributed by atoms with E-state index >= 15 is 0 Å². The highest BCUT2D eigenvalue weighted by molar-refractivity contribution is 5.25. The van der Waals surface area contributed by atoms with Gasteiger partial charge in [0.15, 0.2) is 0 Å². The summed E-state index contributed by atoms with van der Waals surface area (Å²) in [4.78, 5) is 8.22. The molecule has 0 aliphatic carbocycles. The van der Waals surface area contributed by atoms with Crippen LogP contribution in [-0.2, 0) is 6.42 Å². The predicted octanol–water partition coefficient (Wildman–Crippen LogP) is 2.06. The molecule has 16 heavy (non-hydrogen) atoms. The second kappa shape index (κ2) is 4.86. The van der Waals surface area contributed by atoms with Crippen molar-refractivity contribution in [2.75, 3.05) is 0 Å². The van der Waals surface area contributed by atoms with Crippen molar-refractivity contribution in [2.45, 2.75) is 19.4 Å². The second-order valence-corrected chi connectivity index (χ2v) is 3.77. The van der Waals surface area contributed by atoms with Crippen molar-refractivity contribution in [1.82, 2.24) is 9.97 Å². The number of hydrogen-bond donors (Lipinski definition) is 1. The fourth-order valence-corrected chi connectivity index (χ4v) is 1.65. The van der Waals surface area contributed by atoms with E-state index < -0.39 is 6.10 Å². The van der Waals surface area contributed by atoms with Crippen LogP contribution in [0.5, 0.6) is 0 Å². The molecule has 0 amide bonds. The number of aryl methyl sites for hydroxylation is 1. The molecule has 82 valence electrons. The summed E-state index contributed by atoms with van der Waals surface area (Å²) in [6.07, 6.45) is 5.16. The van der Waals surface area contributed by atoms with Crippen LogP contribution in [0, 0.1) is 6.92 Å². The Morgan fingerprint density at radius 2 is 2.12 bits per heavy atom. The molecule has 0 spiro atoms. The smallest absolute Gasteiger partial charge is 0.0862 e. The van der Waals surface area contributed by atoms with Crippen molar-refractivity contribution >= 4 is 0 Å². The summed E-state index contributed by atoms with van der Waals surface area (Å²) < 4.78 is 0. The summed E-state index contributed by atoms with van der Waals surface area (Å²) in [6.45, 7) is 1.97. The van der Waals surface area contributed by atoms with Gasteiger partial charge in [0.05, 0.1) is 6.10 Å². The number of nitrogens with zero attached hydrogens (tertiary/aromatic N) is 2. The van der Waals surface area contributed by atoms with Gasteiger partial charge in [0.25, 0.3) is 0 Å². The van der Waals surface area contributed by atoms with Crippen molar-refractivity contribution in [3.05, 3.63) is 59.7 Å². The van der Waals surface area contributed by atoms with Gasteiger partial charge in [0, 0.05) is 36.3 Å². The largest absolute Gasteiger partial charge is 0.388 e. The van der Waals surface area contributed by atoms with E-state index in [1.54, 1.807) is 18.6 Å². The molecule has 1 N–H and O–H groups in total. The Morgan fingerprint density at radius 1 is 1.25 bits per heavy atom. The van der Waals surface area contributed by atoms with E-state index in [1.807, 2.05) is 31.2 Å². The average molecular weight is 214 g/mol. The molecule has 1 unspecified atom stereocenters. The summed E-state index contributed by atoms with van der Waals surface area (Å²) in [5, 5.41) is 10.1. The Morgan fingerprint density at radius 3 is 2.81 bits per heavy atom. The standard InChI is InChI=1S/C13H14N2O/c1-10-5-7-14-9-12(10)13(16)8-11-4-2-3-6-15-11/h2-7,9,13,16H,8H2,1H3. The first-order valence-electron chi connectivity index (χ1n) is 5.26. The van der Waals surface area contributed by atoms with Gasteiger partial charge in [-0.2, -0.15) is 0 Å². The summed E-state index contributed by atoms with van der Waals surface area (Å²) in [6, 6.07) is 7.60. The summed E-state index contributed by atoms with van der Waals surface area (Å²) >= 11 is 0. The number of aliphatic hydroxyl groups is 1. The molecule has 0 aromatic carbocycles. The van der Waals surface area contributed by atoms with Crippen LogP contribution in [0.1, 0.15) is 22.9 Å². The lowest BCUT2D eigenvalue weighted by Gasteiger charge is -2.12. The lowest BCUT2D eigenvalue weighted by molar-refractivity contribution is 0.176. The summed E-state index contributed by atoms with van der Waals surface area (Å²) in [5.41, 5.74) is 2.81. The SMILES string of the molecule is Cc1ccncc1C(O)Cc1ccccn1. The molecule has 0 bridgehead atoms. The Bertz CT molecular complexity index is 456. The maximum absolute atomic E-state index is 10.1. The van der Waals surface area contributed by atoms with Crippen LogP contribution in [0.4, 0.5) is 0 Å². The molecular formula is C13H14N2O. The van der Waals surface area contributed by atoms with Crippen molar-refractivity contribution < 1.29 is 5.11 Å². The molecule has 2 heterocycles. The third-order valence-electron chi connectivity index (χ3n) is 2.57. The molecule has 2 rings (SSSR count). The Labute approximate surface area is 94.8 Å². The van der Waals surface area contributed by atoms with Crippen molar-refractivity contribution in [1.29, 1.82) is 0 Å². The van der Waals surface area contributed by atoms with Gasteiger partial charge in [-0.25, -0.2) is 0 Å². The molecule has 0 fully saturated rings. The van der Waals surface area contributed by atoms with Crippen LogP contribution in [0.25, 0.3) is 0 Å². The first-order chi connectivity index (χ1) is 7.77. The van der Waals surface area contributed by atoms with Gasteiger partial charge < -0.3 is 5.11 Å². The second-order valence-electron chi connectivity index (χ2n) is 3.77. The Balaban J connectivity index is 2.15. The average Bonchev–Trinajstić information content (AvgIpc) is 2.31. The monoisotopic (exact) mass is 214 g/mol. The number of aliphatic hydroxyl groups excluding tert-OH is 1. The van der Waals surface area contributed by atoms with Gasteiger partial charge in [-0.3, -0.25) is 9.97 Å². The van der Waals surface area contributed by atoms with Crippen LogP contribution in [0.2, 0.25) is 0 Å². The molecule has 3 heteroatoms. The number of rotatable bonds is 3. The lowest BCUT2D eigenvalue weighted by Crippen LogP contribution is -2.05. The fraction of sp³-hybridized carbons (Fsp3) is 0.231. The number of hydrogen-bond acceptors (Lipinski definition) is 3. The molecule has 0 aliphatic rings. The van der Waals surface area contributed by atoms with E-state index in [0.29, 0.717) is 6.42 Å². The highest BCUT2D eigenvalue weighted by Gasteiger charge is 2.11. The first-order valence-corrected chi connectivity index (χ1v) is 5.26. The number of aromatic nitrogens is 2. The Kier molecular flexibility index (Phi) is 3.27. The predicted molar refractivity (Wildman–Crippen MR) is 61.9 cm³/mol. The quantitative estimate of drug-likeness (QED) is 0.850. The zero-order chi connectivity index (χ0) is 11.4. The zero-order valence-electron chi connectivity index (χ0n) is 9.17. The van der Waals surface area contributed by atoms with E-state index in [2.05, 4.69) is 9.97 Å². The van der Waals surface area contributed by atoms with Crippen molar-refractivity contribution in [3.63, 3.8) is 0 Å². The molecule has 2 aromatic heterocycles. The fourth-order valence-electron chi connectivity index (χ4n) is 1.65. The minimum absolute atomic E-state index is 0.521. The molecule has 3 nitrogen and oxygen atoms in total. The summed E-state index contributed by atoms with van der Waals surface area (Å²) in [7, 11) is 0. The van der Waals surface area contributed by atoms with Gasteiger partial charge in [-0.05, 0) is 30.7 Å². The third-order valence-corrected chi connectivity index (χ3v) is 2.57. The van der Waals surface area contributed by atoms with Gasteiger partial charge in [-0.15, -0.1) is 0 Å². The topological polar surface area (TPSA) is 46.0 Å². The molecule has 0 radical (unpaired) electrons. The maximum atomic E-state index is 10.1. The molecule has 0 aliphatic heterocycles. The molecule has 0 saturated heterocycles. The van der Waals surface area contributed by atoms with Crippen molar-refractivity contribution in [3.8, 4) is 0 Å². The van der Waals surface area contributed by atoms with Crippen LogP contribution in [0.3, 0.4) is 0 Å². The summed E-state index contributed by atoms with van der Waals surface area (Å²) in [5.74, 6) is 0. The number of pyridine rings is 2. The molecule has 1 atom stereocenters. The van der Waals surface area contributed by atoms with Crippen LogP contribution >= 0.6 is 0 Å². The van der Waals surface area contributed by atoms with Crippen LogP contribution in [0.15, 0.2) is 42.9 Å². The highest BCUT2D eigenvalue weighted by Crippen LogP contribution is 2.19. The lowest BCUT2D eigenvalue weighted by atomic mass is 10.0. The minimum Gasteiger partial charge on any atom is -0.388 e. The molecule has 0 saturated carbocycles. The van der Waals surface area contributed by atoms with Gasteiger partial charge in [-0.1, -0.05) is 6.07 Å². The van der Waals surface area contributed by atoms with E-state index in [4.69, 9.17) is 0 Å². The highest BCUT2D eigenvalue weighted by atomic mass is 16.3. The zero-order valence-corrected chi connectivity index (χ0v) is 9.17. The first kappa shape index (κ1) is 10.8. The Hall–Kier alpha value is -1.74. The molecule has 2 aromatic rings. The molecular weight excluding hydrogens is 200 g/mol. The maximum Gasteiger partial charge on any atom is 0.0862 e. The van der Waals surface area contributed by atoms with E-state index in [0.717, 1.165) is 16.8 Å². The van der Waals surface area contributed by atoms with E-state index in [-0.39, 0.29) is 0 Å². The van der Waals surface area contributed by atoms with Gasteiger partial charge >= 0.3 is 0 Å². The van der Waals surface area contributed by atoms with Crippen LogP contribution < -0.4 is 0 Å². The van der Waals surface area contributed by atoms with Gasteiger partial charge in [0.1, 0.15) is 0 Å². The van der Waals surface area contributed by atoms with Crippen LogP contribution in [-0.4, -0.2) is 15.1 Å². The van der Waals surface area contributed by atoms with Gasteiger partial charge in [0.2, 0.25) is 0 Å². The van der Waals surface area contributed by atoms with E-state index in [9.17, 15) is 5.11 Å². The third kappa shape index (κ3) is 2.44. The normalized spacial score (nSPS) is 12.4. The van der Waals surface area contributed by atoms with E-state index in [1.165, 1.54) is 0 Å². The van der Waals surface area contributed by atoms with Crippen molar-refractivity contribution in [2.24, 2.45) is 0 Å².